The fourth-order valence-corrected chi connectivity index (χ4v) is 2.25. The lowest BCUT2D eigenvalue weighted by molar-refractivity contribution is 1.55. The van der Waals surface area contributed by atoms with Crippen LogP contribution in [0.15, 0.2) is 36.4 Å². The van der Waals surface area contributed by atoms with Gasteiger partial charge < -0.3 is 5.32 Å². The summed E-state index contributed by atoms with van der Waals surface area (Å²) in [7, 11) is 0. The molecule has 2 aromatic rings. The van der Waals surface area contributed by atoms with Gasteiger partial charge in [0, 0.05) is 5.69 Å². The second-order valence-electron chi connectivity index (χ2n) is 3.33. The van der Waals surface area contributed by atoms with Crippen LogP contribution in [0.3, 0.4) is 0 Å². The maximum atomic E-state index is 6.08. The number of benzene rings is 2. The van der Waals surface area contributed by atoms with Crippen LogP contribution >= 0.6 is 46.4 Å². The van der Waals surface area contributed by atoms with Gasteiger partial charge in [0.05, 0.1) is 25.8 Å². The third kappa shape index (κ3) is 2.80. The molecular weight excluding hydrogens is 300 g/mol. The molecule has 1 N–H and O–H groups in total. The zero-order chi connectivity index (χ0) is 12.4. The van der Waals surface area contributed by atoms with Crippen molar-refractivity contribution in [2.45, 2.75) is 0 Å². The molecular formula is C12H7Cl4N. The monoisotopic (exact) mass is 305 g/mol. The number of nitrogens with one attached hydrogen (secondary N) is 1. The minimum Gasteiger partial charge on any atom is -0.353 e. The first-order valence-electron chi connectivity index (χ1n) is 4.74. The summed E-state index contributed by atoms with van der Waals surface area (Å²) in [5, 5.41) is 4.51. The van der Waals surface area contributed by atoms with Gasteiger partial charge in [-0.05, 0) is 18.2 Å². The van der Waals surface area contributed by atoms with Crippen LogP contribution in [0.25, 0.3) is 0 Å². The number of rotatable bonds is 2. The van der Waals surface area contributed by atoms with E-state index in [-0.39, 0.29) is 0 Å². The third-order valence-electron chi connectivity index (χ3n) is 2.15. The Morgan fingerprint density at radius 1 is 0.765 bits per heavy atom. The first-order chi connectivity index (χ1) is 8.09. The van der Waals surface area contributed by atoms with E-state index >= 15 is 0 Å². The van der Waals surface area contributed by atoms with E-state index < -0.39 is 0 Å². The molecule has 17 heavy (non-hydrogen) atoms. The van der Waals surface area contributed by atoms with Crippen LogP contribution in [0.1, 0.15) is 0 Å². The van der Waals surface area contributed by atoms with Gasteiger partial charge in [-0.1, -0.05) is 64.6 Å². The van der Waals surface area contributed by atoms with E-state index in [1.165, 1.54) is 6.07 Å². The van der Waals surface area contributed by atoms with Crippen molar-refractivity contribution in [2.75, 3.05) is 5.32 Å². The molecule has 0 unspecified atom stereocenters. The zero-order valence-corrected chi connectivity index (χ0v) is 11.5. The number of hydrogen-bond acceptors (Lipinski definition) is 1. The van der Waals surface area contributed by atoms with E-state index in [1.807, 2.05) is 30.3 Å². The molecule has 0 aliphatic heterocycles. The average molecular weight is 307 g/mol. The highest BCUT2D eigenvalue weighted by Crippen LogP contribution is 2.42. The summed E-state index contributed by atoms with van der Waals surface area (Å²) in [5.74, 6) is 0. The number of halogens is 4. The lowest BCUT2D eigenvalue weighted by atomic mass is 10.2. The van der Waals surface area contributed by atoms with Crippen molar-refractivity contribution in [1.82, 2.24) is 0 Å². The topological polar surface area (TPSA) is 12.0 Å². The Morgan fingerprint density at radius 2 is 1.29 bits per heavy atom. The summed E-state index contributed by atoms with van der Waals surface area (Å²) < 4.78 is 0. The summed E-state index contributed by atoms with van der Waals surface area (Å²) >= 11 is 24.1. The highest BCUT2D eigenvalue weighted by Gasteiger charge is 2.13. The molecule has 0 fully saturated rings. The van der Waals surface area contributed by atoms with Gasteiger partial charge in [-0.15, -0.1) is 0 Å². The second kappa shape index (κ2) is 5.36. The zero-order valence-electron chi connectivity index (χ0n) is 8.48. The Balaban J connectivity index is 2.46. The lowest BCUT2D eigenvalue weighted by Crippen LogP contribution is -1.93. The van der Waals surface area contributed by atoms with E-state index in [0.29, 0.717) is 25.8 Å². The first kappa shape index (κ1) is 12.8. The Morgan fingerprint density at radius 3 is 1.82 bits per heavy atom. The molecule has 2 rings (SSSR count). The first-order valence-corrected chi connectivity index (χ1v) is 6.26. The fourth-order valence-electron chi connectivity index (χ4n) is 1.35. The van der Waals surface area contributed by atoms with Gasteiger partial charge in [-0.25, -0.2) is 0 Å². The maximum absolute atomic E-state index is 6.08. The van der Waals surface area contributed by atoms with E-state index in [9.17, 15) is 0 Å². The smallest absolute Gasteiger partial charge is 0.0843 e. The average Bonchev–Trinajstić information content (AvgIpc) is 2.33. The van der Waals surface area contributed by atoms with Gasteiger partial charge >= 0.3 is 0 Å². The van der Waals surface area contributed by atoms with Crippen molar-refractivity contribution in [2.24, 2.45) is 0 Å². The highest BCUT2D eigenvalue weighted by molar-refractivity contribution is 6.50. The molecule has 0 amide bonds. The van der Waals surface area contributed by atoms with Crippen LogP contribution in [-0.4, -0.2) is 0 Å². The van der Waals surface area contributed by atoms with Gasteiger partial charge in [-0.2, -0.15) is 0 Å². The predicted molar refractivity (Wildman–Crippen MR) is 76.2 cm³/mol. The Kier molecular flexibility index (Phi) is 4.05. The van der Waals surface area contributed by atoms with Crippen molar-refractivity contribution in [3.05, 3.63) is 56.5 Å². The molecule has 0 aromatic heterocycles. The lowest BCUT2D eigenvalue weighted by Gasteiger charge is -2.12. The van der Waals surface area contributed by atoms with Crippen LogP contribution < -0.4 is 5.32 Å². The Hall–Kier alpha value is -0.600. The van der Waals surface area contributed by atoms with Crippen molar-refractivity contribution in [3.8, 4) is 0 Å². The Labute approximate surface area is 119 Å². The molecule has 1 nitrogen and oxygen atoms in total. The van der Waals surface area contributed by atoms with Crippen LogP contribution in [0, 0.1) is 0 Å². The number of hydrogen-bond donors (Lipinski definition) is 1. The molecule has 0 bridgehead atoms. The predicted octanol–water partition coefficient (Wildman–Crippen LogP) is 6.04. The van der Waals surface area contributed by atoms with Crippen LogP contribution in [0.5, 0.6) is 0 Å². The minimum absolute atomic E-state index is 0.352. The number of anilines is 2. The largest absolute Gasteiger partial charge is 0.353 e. The van der Waals surface area contributed by atoms with Crippen LogP contribution in [0.2, 0.25) is 20.1 Å². The molecule has 0 saturated heterocycles. The normalized spacial score (nSPS) is 10.4. The summed E-state index contributed by atoms with van der Waals surface area (Å²) in [6.07, 6.45) is 0. The molecule has 0 saturated carbocycles. The minimum atomic E-state index is 0.352. The SMILES string of the molecule is Clc1cc(Cl)c(Cl)c(Nc2ccccc2)c1Cl. The fraction of sp³-hybridized carbons (Fsp3) is 0. The highest BCUT2D eigenvalue weighted by atomic mass is 35.5. The maximum Gasteiger partial charge on any atom is 0.0843 e. The quantitative estimate of drug-likeness (QED) is 0.666. The van der Waals surface area contributed by atoms with E-state index in [4.69, 9.17) is 46.4 Å². The molecule has 0 aliphatic carbocycles. The van der Waals surface area contributed by atoms with Crippen LogP contribution in [-0.2, 0) is 0 Å². The summed E-state index contributed by atoms with van der Waals surface area (Å²) in [4.78, 5) is 0. The molecule has 0 aliphatic rings. The molecule has 0 heterocycles. The summed E-state index contributed by atoms with van der Waals surface area (Å²) in [5.41, 5.74) is 1.37. The van der Waals surface area contributed by atoms with Crippen LogP contribution in [0.4, 0.5) is 11.4 Å². The van der Waals surface area contributed by atoms with Gasteiger partial charge in [0.1, 0.15) is 0 Å². The van der Waals surface area contributed by atoms with Crippen molar-refractivity contribution in [3.63, 3.8) is 0 Å². The van der Waals surface area contributed by atoms with E-state index in [1.54, 1.807) is 0 Å². The number of para-hydroxylation sites is 1. The van der Waals surface area contributed by atoms with Gasteiger partial charge in [0.15, 0.2) is 0 Å². The van der Waals surface area contributed by atoms with Gasteiger partial charge in [-0.3, -0.25) is 0 Å². The summed E-state index contributed by atoms with van der Waals surface area (Å²) in [6, 6.07) is 11.0. The molecule has 0 atom stereocenters. The second-order valence-corrected chi connectivity index (χ2v) is 4.90. The summed E-state index contributed by atoms with van der Waals surface area (Å²) in [6.45, 7) is 0. The van der Waals surface area contributed by atoms with E-state index in [0.717, 1.165) is 5.69 Å². The van der Waals surface area contributed by atoms with Crippen molar-refractivity contribution in [1.29, 1.82) is 0 Å². The molecule has 0 spiro atoms. The molecule has 5 heteroatoms. The molecule has 2 aromatic carbocycles. The van der Waals surface area contributed by atoms with Crippen molar-refractivity contribution < 1.29 is 0 Å². The van der Waals surface area contributed by atoms with Crippen molar-refractivity contribution >= 4 is 57.8 Å². The third-order valence-corrected chi connectivity index (χ3v) is 3.73. The Bertz CT molecular complexity index is 514. The van der Waals surface area contributed by atoms with Gasteiger partial charge in [0.2, 0.25) is 0 Å². The van der Waals surface area contributed by atoms with E-state index in [2.05, 4.69) is 5.32 Å². The molecule has 88 valence electrons. The van der Waals surface area contributed by atoms with Gasteiger partial charge in [0.25, 0.3) is 0 Å². The molecule has 0 radical (unpaired) electrons. The standard InChI is InChI=1S/C12H7Cl4N/c13-8-6-9(14)11(16)12(10(8)15)17-7-4-2-1-3-5-7/h1-6,17H.